The number of hydrogen-bond donors (Lipinski definition) is 2. The van der Waals surface area contributed by atoms with Gasteiger partial charge in [-0.25, -0.2) is 0 Å². The number of rotatable bonds is 5. The third-order valence-corrected chi connectivity index (χ3v) is 3.02. The molecule has 0 spiro atoms. The van der Waals surface area contributed by atoms with Gasteiger partial charge in [0.25, 0.3) is 0 Å². The molecule has 0 saturated carbocycles. The molecule has 0 aliphatic rings. The fourth-order valence-electron chi connectivity index (χ4n) is 1.89. The second-order valence-corrected chi connectivity index (χ2v) is 4.50. The molecular weight excluding hydrogens is 234 g/mol. The highest BCUT2D eigenvalue weighted by atomic mass is 16.3. The van der Waals surface area contributed by atoms with Crippen LogP contribution in [0.3, 0.4) is 0 Å². The minimum absolute atomic E-state index is 0.0551. The molecule has 0 saturated heterocycles. The maximum absolute atomic E-state index is 9.45. The number of aliphatic hydroxyl groups excluding tert-OH is 1. The summed E-state index contributed by atoms with van der Waals surface area (Å²) in [6.07, 6.45) is 2.03. The Morgan fingerprint density at radius 2 is 1.74 bits per heavy atom. The lowest BCUT2D eigenvalue weighted by molar-refractivity contribution is 0.350. The molecule has 19 heavy (non-hydrogen) atoms. The Labute approximate surface area is 114 Å². The molecule has 2 heteroatoms. The Hall–Kier alpha value is -2.06. The number of para-hydroxylation sites is 1. The first-order valence-electron chi connectivity index (χ1n) is 6.45. The zero-order chi connectivity index (χ0) is 13.5. The van der Waals surface area contributed by atoms with Crippen LogP contribution in [0.2, 0.25) is 0 Å². The average molecular weight is 253 g/mol. The second-order valence-electron chi connectivity index (χ2n) is 4.50. The molecule has 2 nitrogen and oxygen atoms in total. The minimum atomic E-state index is 0.0551. The summed E-state index contributed by atoms with van der Waals surface area (Å²) < 4.78 is 0. The van der Waals surface area contributed by atoms with E-state index in [4.69, 9.17) is 0 Å². The Kier molecular flexibility index (Phi) is 4.76. The number of benzene rings is 2. The zero-order valence-corrected chi connectivity index (χ0v) is 11.1. The van der Waals surface area contributed by atoms with Crippen molar-refractivity contribution in [1.29, 1.82) is 0 Å². The molecule has 0 heterocycles. The summed E-state index contributed by atoms with van der Waals surface area (Å²) >= 11 is 0. The first-order chi connectivity index (χ1) is 9.29. The number of aryl methyl sites for hydroxylation is 1. The highest BCUT2D eigenvalue weighted by Crippen LogP contribution is 2.14. The van der Waals surface area contributed by atoms with Crippen molar-refractivity contribution in [2.75, 3.05) is 18.5 Å². The summed E-state index contributed by atoms with van der Waals surface area (Å²) in [5, 5.41) is 12.8. The van der Waals surface area contributed by atoms with Gasteiger partial charge in [-0.3, -0.25) is 0 Å². The molecule has 0 aliphatic carbocycles. The van der Waals surface area contributed by atoms with Crippen LogP contribution in [0.5, 0.6) is 0 Å². The van der Waals surface area contributed by atoms with Crippen molar-refractivity contribution in [3.05, 3.63) is 71.8 Å². The lowest BCUT2D eigenvalue weighted by atomic mass is 10.0. The number of hydrogen-bond acceptors (Lipinski definition) is 2. The molecule has 2 N–H and O–H groups in total. The van der Waals surface area contributed by atoms with Crippen LogP contribution in [-0.4, -0.2) is 18.3 Å². The van der Waals surface area contributed by atoms with E-state index in [-0.39, 0.29) is 6.61 Å². The van der Waals surface area contributed by atoms with Gasteiger partial charge in [0.05, 0.1) is 6.61 Å². The van der Waals surface area contributed by atoms with E-state index in [0.29, 0.717) is 6.54 Å². The molecule has 0 bridgehead atoms. The molecule has 0 aliphatic heterocycles. The molecule has 0 fully saturated rings. The molecule has 0 aromatic heterocycles. The third-order valence-electron chi connectivity index (χ3n) is 3.02. The molecule has 0 amide bonds. The SMILES string of the molecule is Cc1ccc(/C(=C/CNc2ccccc2)CO)cc1. The van der Waals surface area contributed by atoms with Crippen molar-refractivity contribution in [3.63, 3.8) is 0 Å². The first kappa shape index (κ1) is 13.4. The smallest absolute Gasteiger partial charge is 0.0685 e. The van der Waals surface area contributed by atoms with Crippen LogP contribution in [-0.2, 0) is 0 Å². The van der Waals surface area contributed by atoms with E-state index in [1.54, 1.807) is 0 Å². The van der Waals surface area contributed by atoms with Gasteiger partial charge in [-0.15, -0.1) is 0 Å². The van der Waals surface area contributed by atoms with Crippen LogP contribution < -0.4 is 5.32 Å². The summed E-state index contributed by atoms with van der Waals surface area (Å²) in [5.41, 5.74) is 4.33. The van der Waals surface area contributed by atoms with Gasteiger partial charge in [-0.2, -0.15) is 0 Å². The van der Waals surface area contributed by atoms with E-state index < -0.39 is 0 Å². The number of anilines is 1. The third kappa shape index (κ3) is 3.97. The summed E-state index contributed by atoms with van der Waals surface area (Å²) in [6.45, 7) is 2.82. The first-order valence-corrected chi connectivity index (χ1v) is 6.45. The highest BCUT2D eigenvalue weighted by Gasteiger charge is 1.99. The minimum Gasteiger partial charge on any atom is -0.392 e. The predicted molar refractivity (Wildman–Crippen MR) is 81.2 cm³/mol. The summed E-state index contributed by atoms with van der Waals surface area (Å²) in [5.74, 6) is 0. The van der Waals surface area contributed by atoms with Crippen molar-refractivity contribution < 1.29 is 5.11 Å². The normalized spacial score (nSPS) is 11.4. The Bertz CT molecular complexity index is 529. The number of aliphatic hydroxyl groups is 1. The topological polar surface area (TPSA) is 32.3 Å². The van der Waals surface area contributed by atoms with Gasteiger partial charge in [-0.05, 0) is 30.2 Å². The fraction of sp³-hybridized carbons (Fsp3) is 0.176. The highest BCUT2D eigenvalue weighted by molar-refractivity contribution is 5.67. The van der Waals surface area contributed by atoms with Crippen molar-refractivity contribution in [2.45, 2.75) is 6.92 Å². The number of nitrogens with one attached hydrogen (secondary N) is 1. The Morgan fingerprint density at radius 3 is 2.37 bits per heavy atom. The van der Waals surface area contributed by atoms with Gasteiger partial charge in [0.2, 0.25) is 0 Å². The maximum atomic E-state index is 9.45. The van der Waals surface area contributed by atoms with Gasteiger partial charge < -0.3 is 10.4 Å². The van der Waals surface area contributed by atoms with E-state index in [1.165, 1.54) is 5.56 Å². The Morgan fingerprint density at radius 1 is 1.05 bits per heavy atom. The van der Waals surface area contributed by atoms with Crippen LogP contribution in [0, 0.1) is 6.92 Å². The van der Waals surface area contributed by atoms with Gasteiger partial charge >= 0.3 is 0 Å². The molecule has 2 rings (SSSR count). The molecule has 0 radical (unpaired) electrons. The van der Waals surface area contributed by atoms with E-state index in [2.05, 4.69) is 24.4 Å². The van der Waals surface area contributed by atoms with Crippen molar-refractivity contribution in [3.8, 4) is 0 Å². The van der Waals surface area contributed by atoms with Gasteiger partial charge in [0, 0.05) is 12.2 Å². The fourth-order valence-corrected chi connectivity index (χ4v) is 1.89. The molecule has 98 valence electrons. The van der Waals surface area contributed by atoms with Crippen LogP contribution >= 0.6 is 0 Å². The largest absolute Gasteiger partial charge is 0.392 e. The molecule has 2 aromatic carbocycles. The van der Waals surface area contributed by atoms with Crippen LogP contribution in [0.25, 0.3) is 5.57 Å². The quantitative estimate of drug-likeness (QED) is 0.855. The van der Waals surface area contributed by atoms with E-state index in [0.717, 1.165) is 16.8 Å². The zero-order valence-electron chi connectivity index (χ0n) is 11.1. The Balaban J connectivity index is 2.01. The maximum Gasteiger partial charge on any atom is 0.0685 e. The standard InChI is InChI=1S/C17H19NO/c1-14-7-9-15(10-8-14)16(13-19)11-12-18-17-5-3-2-4-6-17/h2-11,18-19H,12-13H2,1H3/b16-11+. The lowest BCUT2D eigenvalue weighted by Crippen LogP contribution is -2.00. The van der Waals surface area contributed by atoms with Crippen LogP contribution in [0.1, 0.15) is 11.1 Å². The molecule has 0 unspecified atom stereocenters. The van der Waals surface area contributed by atoms with E-state index >= 15 is 0 Å². The summed E-state index contributed by atoms with van der Waals surface area (Å²) in [4.78, 5) is 0. The van der Waals surface area contributed by atoms with Crippen molar-refractivity contribution in [1.82, 2.24) is 0 Å². The van der Waals surface area contributed by atoms with Crippen molar-refractivity contribution >= 4 is 11.3 Å². The molecule has 0 atom stereocenters. The van der Waals surface area contributed by atoms with Crippen LogP contribution in [0.4, 0.5) is 5.69 Å². The van der Waals surface area contributed by atoms with Gasteiger partial charge in [-0.1, -0.05) is 54.1 Å². The van der Waals surface area contributed by atoms with Gasteiger partial charge in [0.15, 0.2) is 0 Å². The van der Waals surface area contributed by atoms with Crippen molar-refractivity contribution in [2.24, 2.45) is 0 Å². The predicted octanol–water partition coefficient (Wildman–Crippen LogP) is 3.48. The summed E-state index contributed by atoms with van der Waals surface area (Å²) in [7, 11) is 0. The second kappa shape index (κ2) is 6.76. The van der Waals surface area contributed by atoms with Crippen LogP contribution in [0.15, 0.2) is 60.7 Å². The lowest BCUT2D eigenvalue weighted by Gasteiger charge is -2.07. The monoisotopic (exact) mass is 253 g/mol. The average Bonchev–Trinajstić information content (AvgIpc) is 2.46. The van der Waals surface area contributed by atoms with E-state index in [9.17, 15) is 5.11 Å². The molecule has 2 aromatic rings. The van der Waals surface area contributed by atoms with Gasteiger partial charge in [0.1, 0.15) is 0 Å². The summed E-state index contributed by atoms with van der Waals surface area (Å²) in [6, 6.07) is 18.2. The molecular formula is C17H19NO. The van der Waals surface area contributed by atoms with E-state index in [1.807, 2.05) is 48.5 Å².